The molecule has 0 aliphatic rings. The van der Waals surface area contributed by atoms with E-state index in [2.05, 4.69) is 17.1 Å². The highest BCUT2D eigenvalue weighted by Gasteiger charge is 2.12. The van der Waals surface area contributed by atoms with E-state index in [1.165, 1.54) is 0 Å². The van der Waals surface area contributed by atoms with Gasteiger partial charge in [0.05, 0.1) is 6.10 Å². The van der Waals surface area contributed by atoms with Crippen LogP contribution in [0.4, 0.5) is 0 Å². The summed E-state index contributed by atoms with van der Waals surface area (Å²) in [6.45, 7) is 0. The van der Waals surface area contributed by atoms with Gasteiger partial charge in [-0.3, -0.25) is 4.98 Å². The summed E-state index contributed by atoms with van der Waals surface area (Å²) in [7, 11) is 0. The van der Waals surface area contributed by atoms with Crippen molar-refractivity contribution in [1.82, 2.24) is 4.98 Å². The number of aromatic nitrogens is 1. The lowest BCUT2D eigenvalue weighted by Crippen LogP contribution is -2.03. The predicted molar refractivity (Wildman–Crippen MR) is 76.8 cm³/mol. The first-order valence-electron chi connectivity index (χ1n) is 6.40. The molecular formula is C17H15NO. The Morgan fingerprint density at radius 1 is 0.895 bits per heavy atom. The lowest BCUT2D eigenvalue weighted by Gasteiger charge is -2.13. The Balaban J connectivity index is 1.96. The Kier molecular flexibility index (Phi) is 3.25. The van der Waals surface area contributed by atoms with Crippen LogP contribution in [0.15, 0.2) is 66.9 Å². The standard InChI is InChI=1S/C17H15NO/c19-17(12-14-8-3-4-11-18-14)16-10-5-7-13-6-1-2-9-15(13)16/h1-11,17,19H,12H2. The number of nitrogens with zero attached hydrogens (tertiary/aromatic N) is 1. The molecule has 0 saturated carbocycles. The van der Waals surface area contributed by atoms with E-state index in [1.54, 1.807) is 6.20 Å². The Labute approximate surface area is 112 Å². The highest BCUT2D eigenvalue weighted by atomic mass is 16.3. The van der Waals surface area contributed by atoms with Crippen molar-refractivity contribution < 1.29 is 5.11 Å². The van der Waals surface area contributed by atoms with Gasteiger partial charge in [0.2, 0.25) is 0 Å². The van der Waals surface area contributed by atoms with Crippen molar-refractivity contribution in [2.45, 2.75) is 12.5 Å². The molecular weight excluding hydrogens is 234 g/mol. The lowest BCUT2D eigenvalue weighted by molar-refractivity contribution is 0.179. The molecule has 2 aromatic carbocycles. The Hall–Kier alpha value is -2.19. The van der Waals surface area contributed by atoms with E-state index >= 15 is 0 Å². The number of aliphatic hydroxyl groups is 1. The molecule has 1 aromatic heterocycles. The number of aliphatic hydroxyl groups excluding tert-OH is 1. The van der Waals surface area contributed by atoms with Gasteiger partial charge in [-0.1, -0.05) is 48.5 Å². The van der Waals surface area contributed by atoms with Crippen molar-refractivity contribution in [3.8, 4) is 0 Å². The molecule has 0 fully saturated rings. The Morgan fingerprint density at radius 2 is 1.68 bits per heavy atom. The summed E-state index contributed by atoms with van der Waals surface area (Å²) in [5, 5.41) is 12.7. The zero-order valence-corrected chi connectivity index (χ0v) is 10.5. The van der Waals surface area contributed by atoms with Gasteiger partial charge in [0.25, 0.3) is 0 Å². The average molecular weight is 249 g/mol. The van der Waals surface area contributed by atoms with E-state index in [0.717, 1.165) is 22.0 Å². The molecule has 3 aromatic rings. The van der Waals surface area contributed by atoms with E-state index in [-0.39, 0.29) is 0 Å². The third kappa shape index (κ3) is 2.49. The van der Waals surface area contributed by atoms with Crippen molar-refractivity contribution in [2.24, 2.45) is 0 Å². The number of hydrogen-bond donors (Lipinski definition) is 1. The zero-order valence-electron chi connectivity index (χ0n) is 10.5. The summed E-state index contributed by atoms with van der Waals surface area (Å²) in [6.07, 6.45) is 1.76. The number of pyridine rings is 1. The third-order valence-electron chi connectivity index (χ3n) is 3.31. The van der Waals surface area contributed by atoms with Crippen LogP contribution >= 0.6 is 0 Å². The monoisotopic (exact) mass is 249 g/mol. The number of rotatable bonds is 3. The van der Waals surface area contributed by atoms with Gasteiger partial charge in [-0.15, -0.1) is 0 Å². The van der Waals surface area contributed by atoms with Crippen molar-refractivity contribution in [2.75, 3.05) is 0 Å². The molecule has 2 nitrogen and oxygen atoms in total. The molecule has 1 atom stereocenters. The van der Waals surface area contributed by atoms with E-state index in [9.17, 15) is 5.11 Å². The second kappa shape index (κ2) is 5.21. The molecule has 3 rings (SSSR count). The maximum absolute atomic E-state index is 10.4. The van der Waals surface area contributed by atoms with Crippen molar-refractivity contribution >= 4 is 10.8 Å². The van der Waals surface area contributed by atoms with Crippen LogP contribution in [-0.2, 0) is 6.42 Å². The van der Waals surface area contributed by atoms with E-state index in [0.29, 0.717) is 6.42 Å². The highest BCUT2D eigenvalue weighted by molar-refractivity contribution is 5.85. The number of hydrogen-bond acceptors (Lipinski definition) is 2. The Bertz CT molecular complexity index is 674. The smallest absolute Gasteiger partial charge is 0.0851 e. The minimum absolute atomic E-state index is 0.527. The van der Waals surface area contributed by atoms with Gasteiger partial charge in [-0.2, -0.15) is 0 Å². The van der Waals surface area contributed by atoms with Crippen LogP contribution in [-0.4, -0.2) is 10.1 Å². The van der Waals surface area contributed by atoms with E-state index < -0.39 is 6.10 Å². The molecule has 94 valence electrons. The summed E-state index contributed by atoms with van der Waals surface area (Å²) in [5.41, 5.74) is 1.87. The largest absolute Gasteiger partial charge is 0.388 e. The summed E-state index contributed by atoms with van der Waals surface area (Å²) in [5.74, 6) is 0. The van der Waals surface area contributed by atoms with Crippen LogP contribution in [0.5, 0.6) is 0 Å². The van der Waals surface area contributed by atoms with Gasteiger partial charge < -0.3 is 5.11 Å². The molecule has 0 radical (unpaired) electrons. The van der Waals surface area contributed by atoms with Crippen molar-refractivity contribution in [1.29, 1.82) is 0 Å². The fraction of sp³-hybridized carbons (Fsp3) is 0.118. The van der Waals surface area contributed by atoms with Crippen LogP contribution in [0.2, 0.25) is 0 Å². The topological polar surface area (TPSA) is 33.1 Å². The fourth-order valence-electron chi connectivity index (χ4n) is 2.37. The minimum Gasteiger partial charge on any atom is -0.388 e. The van der Waals surface area contributed by atoms with Gasteiger partial charge in [0, 0.05) is 18.3 Å². The summed E-state index contributed by atoms with van der Waals surface area (Å²) in [4.78, 5) is 4.26. The molecule has 1 N–H and O–H groups in total. The minimum atomic E-state index is -0.527. The molecule has 2 heteroatoms. The molecule has 0 aliphatic carbocycles. The highest BCUT2D eigenvalue weighted by Crippen LogP contribution is 2.26. The molecule has 0 bridgehead atoms. The first-order chi connectivity index (χ1) is 9.34. The van der Waals surface area contributed by atoms with Gasteiger partial charge in [-0.05, 0) is 28.5 Å². The van der Waals surface area contributed by atoms with Gasteiger partial charge in [0.1, 0.15) is 0 Å². The van der Waals surface area contributed by atoms with Crippen LogP contribution in [0.25, 0.3) is 10.8 Å². The predicted octanol–water partition coefficient (Wildman–Crippen LogP) is 3.51. The fourth-order valence-corrected chi connectivity index (χ4v) is 2.37. The number of fused-ring (bicyclic) bond motifs is 1. The lowest BCUT2D eigenvalue weighted by atomic mass is 9.98. The normalized spacial score (nSPS) is 12.5. The summed E-state index contributed by atoms with van der Waals surface area (Å²) in [6, 6.07) is 19.9. The third-order valence-corrected chi connectivity index (χ3v) is 3.31. The van der Waals surface area contributed by atoms with Gasteiger partial charge in [0.15, 0.2) is 0 Å². The summed E-state index contributed by atoms with van der Waals surface area (Å²) >= 11 is 0. The number of benzene rings is 2. The van der Waals surface area contributed by atoms with Crippen LogP contribution < -0.4 is 0 Å². The average Bonchev–Trinajstić information content (AvgIpc) is 2.47. The SMILES string of the molecule is OC(Cc1ccccn1)c1cccc2ccccc12. The maximum atomic E-state index is 10.4. The molecule has 19 heavy (non-hydrogen) atoms. The quantitative estimate of drug-likeness (QED) is 0.770. The zero-order chi connectivity index (χ0) is 13.1. The Morgan fingerprint density at radius 3 is 2.53 bits per heavy atom. The molecule has 0 aliphatic heterocycles. The molecule has 0 saturated heterocycles. The second-order valence-electron chi connectivity index (χ2n) is 4.61. The molecule has 1 unspecified atom stereocenters. The second-order valence-corrected chi connectivity index (χ2v) is 4.61. The summed E-state index contributed by atoms with van der Waals surface area (Å²) < 4.78 is 0. The molecule has 0 spiro atoms. The van der Waals surface area contributed by atoms with E-state index in [4.69, 9.17) is 0 Å². The van der Waals surface area contributed by atoms with Gasteiger partial charge >= 0.3 is 0 Å². The molecule has 1 heterocycles. The molecule has 0 amide bonds. The van der Waals surface area contributed by atoms with Crippen LogP contribution in [0.1, 0.15) is 17.4 Å². The first-order valence-corrected chi connectivity index (χ1v) is 6.40. The van der Waals surface area contributed by atoms with Gasteiger partial charge in [-0.25, -0.2) is 0 Å². The maximum Gasteiger partial charge on any atom is 0.0851 e. The van der Waals surface area contributed by atoms with Crippen LogP contribution in [0.3, 0.4) is 0 Å². The van der Waals surface area contributed by atoms with Crippen molar-refractivity contribution in [3.05, 3.63) is 78.1 Å². The van der Waals surface area contributed by atoms with E-state index in [1.807, 2.05) is 48.5 Å². The van der Waals surface area contributed by atoms with Crippen molar-refractivity contribution in [3.63, 3.8) is 0 Å². The van der Waals surface area contributed by atoms with Crippen LogP contribution in [0, 0.1) is 0 Å². The first kappa shape index (κ1) is 11.9.